The molecule has 0 saturated heterocycles. The zero-order chi connectivity index (χ0) is 25.0. The summed E-state index contributed by atoms with van der Waals surface area (Å²) in [7, 11) is 0. The number of nitrogens with zero attached hydrogens (tertiary/aromatic N) is 1. The molecule has 7 N–H and O–H groups in total. The van der Waals surface area contributed by atoms with Gasteiger partial charge in [-0.1, -0.05) is 13.8 Å². The molecule has 0 aromatic carbocycles. The zero-order valence-corrected chi connectivity index (χ0v) is 20.7. The van der Waals surface area contributed by atoms with Crippen molar-refractivity contribution in [3.05, 3.63) is 18.2 Å². The molecular weight excluding hydrogens is 468 g/mol. The minimum absolute atomic E-state index is 0.0175. The van der Waals surface area contributed by atoms with E-state index in [1.54, 1.807) is 6.20 Å². The van der Waals surface area contributed by atoms with Crippen molar-refractivity contribution in [2.24, 2.45) is 11.7 Å². The molecule has 1 rings (SSSR count). The Morgan fingerprint density at radius 2 is 1.73 bits per heavy atom. The number of amides is 3. The lowest BCUT2D eigenvalue weighted by Gasteiger charge is -2.25. The highest BCUT2D eigenvalue weighted by atomic mass is 32.2. The van der Waals surface area contributed by atoms with Crippen LogP contribution in [0, 0.1) is 5.92 Å². The van der Waals surface area contributed by atoms with E-state index in [0.717, 1.165) is 0 Å². The van der Waals surface area contributed by atoms with E-state index in [9.17, 15) is 24.3 Å². The summed E-state index contributed by atoms with van der Waals surface area (Å²) in [6, 6.07) is -3.96. The lowest BCUT2D eigenvalue weighted by atomic mass is 10.0. The molecule has 0 aliphatic carbocycles. The lowest BCUT2D eigenvalue weighted by Crippen LogP contribution is -2.58. The minimum Gasteiger partial charge on any atom is -0.480 e. The maximum absolute atomic E-state index is 12.8. The normalized spacial score (nSPS) is 14.7. The third kappa shape index (κ3) is 10.5. The Labute approximate surface area is 203 Å². The van der Waals surface area contributed by atoms with Crippen LogP contribution in [0.25, 0.3) is 0 Å². The fraction of sp³-hybridized carbons (Fsp3) is 0.650. The molecule has 1 aromatic heterocycles. The molecular formula is C20H34N6O5S2. The number of H-pyrrole nitrogens is 1. The number of nitrogens with two attached hydrogens (primary N) is 1. The van der Waals surface area contributed by atoms with Crippen LogP contribution in [0.1, 0.15) is 32.4 Å². The van der Waals surface area contributed by atoms with Gasteiger partial charge in [-0.2, -0.15) is 24.4 Å². The largest absolute Gasteiger partial charge is 0.480 e. The molecule has 1 heterocycles. The number of aliphatic carboxylic acids is 1. The molecule has 0 bridgehead atoms. The van der Waals surface area contributed by atoms with Crippen LogP contribution in [-0.4, -0.2) is 80.7 Å². The van der Waals surface area contributed by atoms with Gasteiger partial charge in [-0.05, 0) is 30.8 Å². The molecule has 11 nitrogen and oxygen atoms in total. The summed E-state index contributed by atoms with van der Waals surface area (Å²) < 4.78 is 0. The second-order valence-electron chi connectivity index (χ2n) is 8.00. The average molecular weight is 503 g/mol. The number of hydrogen-bond donors (Lipinski definition) is 7. The van der Waals surface area contributed by atoms with Crippen LogP contribution in [0.15, 0.2) is 12.5 Å². The van der Waals surface area contributed by atoms with Crippen molar-refractivity contribution in [1.82, 2.24) is 25.9 Å². The smallest absolute Gasteiger partial charge is 0.326 e. The van der Waals surface area contributed by atoms with E-state index in [-0.39, 0.29) is 24.5 Å². The van der Waals surface area contributed by atoms with Crippen LogP contribution >= 0.6 is 24.4 Å². The van der Waals surface area contributed by atoms with Gasteiger partial charge in [0.2, 0.25) is 17.7 Å². The number of carboxylic acids is 1. The maximum atomic E-state index is 12.8. The van der Waals surface area contributed by atoms with Crippen LogP contribution < -0.4 is 21.7 Å². The molecule has 0 fully saturated rings. The topological polar surface area (TPSA) is 179 Å². The van der Waals surface area contributed by atoms with Crippen molar-refractivity contribution in [1.29, 1.82) is 0 Å². The van der Waals surface area contributed by atoms with E-state index >= 15 is 0 Å². The summed E-state index contributed by atoms with van der Waals surface area (Å²) in [5, 5.41) is 17.1. The summed E-state index contributed by atoms with van der Waals surface area (Å²) in [5.41, 5.74) is 6.58. The first-order valence-electron chi connectivity index (χ1n) is 10.6. The quantitative estimate of drug-likeness (QED) is 0.158. The molecule has 0 radical (unpaired) electrons. The van der Waals surface area contributed by atoms with E-state index < -0.39 is 47.9 Å². The first-order valence-corrected chi connectivity index (χ1v) is 12.6. The average Bonchev–Trinajstić information content (AvgIpc) is 3.26. The minimum atomic E-state index is -1.14. The van der Waals surface area contributed by atoms with Gasteiger partial charge in [0, 0.05) is 24.1 Å². The molecule has 33 heavy (non-hydrogen) atoms. The molecule has 13 heteroatoms. The summed E-state index contributed by atoms with van der Waals surface area (Å²) in [4.78, 5) is 56.2. The molecule has 1 aromatic rings. The van der Waals surface area contributed by atoms with Crippen molar-refractivity contribution < 1.29 is 24.3 Å². The van der Waals surface area contributed by atoms with E-state index in [1.165, 1.54) is 18.1 Å². The Morgan fingerprint density at radius 1 is 1.12 bits per heavy atom. The predicted molar refractivity (Wildman–Crippen MR) is 130 cm³/mol. The molecule has 4 unspecified atom stereocenters. The number of aromatic nitrogens is 2. The lowest BCUT2D eigenvalue weighted by molar-refractivity contribution is -0.142. The number of carbonyl (C=O) groups is 4. The summed E-state index contributed by atoms with van der Waals surface area (Å²) >= 11 is 5.62. The van der Waals surface area contributed by atoms with Gasteiger partial charge in [0.15, 0.2) is 0 Å². The van der Waals surface area contributed by atoms with Crippen LogP contribution in [-0.2, 0) is 25.6 Å². The van der Waals surface area contributed by atoms with Gasteiger partial charge in [0.05, 0.1) is 12.4 Å². The number of carbonyl (C=O) groups excluding carboxylic acids is 3. The zero-order valence-electron chi connectivity index (χ0n) is 19.0. The van der Waals surface area contributed by atoms with Gasteiger partial charge < -0.3 is 31.8 Å². The number of imidazole rings is 1. The standard InChI is InChI=1S/C20H34N6O5S2/c1-11(2)6-15(20(30)31)25-18(28)14(4-5-33-3)24-19(29)16(9-32)26-17(27)13(21)7-12-8-22-10-23-12/h8,10-11,13-16,32H,4-7,9,21H2,1-3H3,(H,22,23)(H,24,29)(H,25,28)(H,26,27)(H,30,31). The van der Waals surface area contributed by atoms with Crippen LogP contribution in [0.3, 0.4) is 0 Å². The number of carboxylic acid groups (broad SMARTS) is 1. The van der Waals surface area contributed by atoms with Gasteiger partial charge in [-0.3, -0.25) is 14.4 Å². The fourth-order valence-electron chi connectivity index (χ4n) is 2.94. The van der Waals surface area contributed by atoms with Crippen molar-refractivity contribution in [2.75, 3.05) is 17.8 Å². The second-order valence-corrected chi connectivity index (χ2v) is 9.35. The van der Waals surface area contributed by atoms with Crippen molar-refractivity contribution in [2.45, 2.75) is 57.3 Å². The number of rotatable bonds is 15. The second kappa shape index (κ2) is 14.8. The SMILES string of the molecule is CSCCC(NC(=O)C(CS)NC(=O)C(N)Cc1cnc[nH]1)C(=O)NC(CC(C)C)C(=O)O. The highest BCUT2D eigenvalue weighted by Gasteiger charge is 2.30. The van der Waals surface area contributed by atoms with E-state index in [0.29, 0.717) is 17.9 Å². The van der Waals surface area contributed by atoms with Crippen LogP contribution in [0.5, 0.6) is 0 Å². The molecule has 0 saturated carbocycles. The highest BCUT2D eigenvalue weighted by molar-refractivity contribution is 7.98. The highest BCUT2D eigenvalue weighted by Crippen LogP contribution is 2.08. The number of hydrogen-bond acceptors (Lipinski definition) is 8. The van der Waals surface area contributed by atoms with Crippen LogP contribution in [0.4, 0.5) is 0 Å². The summed E-state index contributed by atoms with van der Waals surface area (Å²) in [5.74, 6) is -2.29. The first kappa shape index (κ1) is 28.8. The Bertz CT molecular complexity index is 777. The number of thiol groups is 1. The number of nitrogens with one attached hydrogen (secondary N) is 4. The number of thioether (sulfide) groups is 1. The van der Waals surface area contributed by atoms with Gasteiger partial charge in [-0.25, -0.2) is 9.78 Å². The molecule has 3 amide bonds. The van der Waals surface area contributed by atoms with E-state index in [4.69, 9.17) is 5.73 Å². The predicted octanol–water partition coefficient (Wildman–Crippen LogP) is -0.452. The Hall–Kier alpha value is -2.25. The summed E-state index contributed by atoms with van der Waals surface area (Å²) in [6.07, 6.45) is 5.63. The molecule has 186 valence electrons. The Balaban J connectivity index is 2.79. The van der Waals surface area contributed by atoms with Gasteiger partial charge >= 0.3 is 5.97 Å². The van der Waals surface area contributed by atoms with Gasteiger partial charge in [0.25, 0.3) is 0 Å². The Kier molecular flexibility index (Phi) is 12.9. The van der Waals surface area contributed by atoms with Crippen molar-refractivity contribution in [3.63, 3.8) is 0 Å². The van der Waals surface area contributed by atoms with Crippen molar-refractivity contribution in [3.8, 4) is 0 Å². The monoisotopic (exact) mass is 502 g/mol. The maximum Gasteiger partial charge on any atom is 0.326 e. The van der Waals surface area contributed by atoms with Crippen LogP contribution in [0.2, 0.25) is 0 Å². The Morgan fingerprint density at radius 3 is 2.24 bits per heavy atom. The van der Waals surface area contributed by atoms with E-state index in [1.807, 2.05) is 20.1 Å². The molecule has 0 aliphatic heterocycles. The molecule has 0 aliphatic rings. The van der Waals surface area contributed by atoms with E-state index in [2.05, 4.69) is 38.5 Å². The third-order valence-corrected chi connectivity index (χ3v) is 5.72. The third-order valence-electron chi connectivity index (χ3n) is 4.71. The van der Waals surface area contributed by atoms with Gasteiger partial charge in [-0.15, -0.1) is 0 Å². The fourth-order valence-corrected chi connectivity index (χ4v) is 3.67. The first-order chi connectivity index (χ1) is 15.6. The summed E-state index contributed by atoms with van der Waals surface area (Å²) in [6.45, 7) is 3.71. The van der Waals surface area contributed by atoms with Crippen molar-refractivity contribution >= 4 is 48.1 Å². The van der Waals surface area contributed by atoms with Gasteiger partial charge in [0.1, 0.15) is 18.1 Å². The molecule has 4 atom stereocenters. The molecule has 0 spiro atoms. The number of aromatic amines is 1.